The Morgan fingerprint density at radius 2 is 2.00 bits per heavy atom. The van der Waals surface area contributed by atoms with Crippen LogP contribution in [0, 0.1) is 0 Å². The van der Waals surface area contributed by atoms with Gasteiger partial charge in [0.1, 0.15) is 5.82 Å². The number of H-pyrrole nitrogens is 1. The number of hydrogen-bond donors (Lipinski definition) is 2. The summed E-state index contributed by atoms with van der Waals surface area (Å²) in [7, 11) is 0. The van der Waals surface area contributed by atoms with Crippen LogP contribution in [-0.2, 0) is 12.8 Å². The van der Waals surface area contributed by atoms with E-state index in [1.807, 2.05) is 25.1 Å². The third-order valence-electron chi connectivity index (χ3n) is 3.07. The number of hydrogen-bond acceptors (Lipinski definition) is 2. The molecule has 1 heterocycles. The quantitative estimate of drug-likeness (QED) is 0.848. The fourth-order valence-corrected chi connectivity index (χ4v) is 2.04. The van der Waals surface area contributed by atoms with Crippen molar-refractivity contribution in [1.82, 2.24) is 9.97 Å². The van der Waals surface area contributed by atoms with Gasteiger partial charge in [0.05, 0.1) is 5.69 Å². The van der Waals surface area contributed by atoms with Gasteiger partial charge in [0.2, 0.25) is 0 Å². The summed E-state index contributed by atoms with van der Waals surface area (Å²) in [5.74, 6) is 1.04. The van der Waals surface area contributed by atoms with Crippen LogP contribution < -0.4 is 5.73 Å². The van der Waals surface area contributed by atoms with Crippen molar-refractivity contribution in [1.29, 1.82) is 0 Å². The van der Waals surface area contributed by atoms with E-state index in [1.165, 1.54) is 11.3 Å². The van der Waals surface area contributed by atoms with Crippen LogP contribution in [0.15, 0.2) is 30.3 Å². The molecule has 2 aromatic rings. The summed E-state index contributed by atoms with van der Waals surface area (Å²) in [5, 5.41) is 0. The Balaban J connectivity index is 2.25. The second-order valence-electron chi connectivity index (χ2n) is 4.75. The lowest BCUT2D eigenvalue weighted by atomic mass is 10.1. The van der Waals surface area contributed by atoms with E-state index >= 15 is 0 Å². The molecule has 1 aromatic carbocycles. The predicted octanol–water partition coefficient (Wildman–Crippen LogP) is 2.92. The van der Waals surface area contributed by atoms with Gasteiger partial charge in [-0.1, -0.05) is 37.3 Å². The number of imidazole rings is 1. The SMILES string of the molecule is CCc1[nH]c(CCC(C)N)nc1-c1ccccc1. The van der Waals surface area contributed by atoms with E-state index in [0.717, 1.165) is 30.8 Å². The Labute approximate surface area is 108 Å². The highest BCUT2D eigenvalue weighted by Crippen LogP contribution is 2.22. The molecule has 3 nitrogen and oxygen atoms in total. The summed E-state index contributed by atoms with van der Waals surface area (Å²) >= 11 is 0. The van der Waals surface area contributed by atoms with E-state index in [4.69, 9.17) is 10.7 Å². The largest absolute Gasteiger partial charge is 0.345 e. The standard InChI is InChI=1S/C15H21N3/c1-3-13-15(12-7-5-4-6-8-12)18-14(17-13)10-9-11(2)16/h4-8,11H,3,9-10,16H2,1-2H3,(H,17,18). The Morgan fingerprint density at radius 1 is 1.28 bits per heavy atom. The van der Waals surface area contributed by atoms with Crippen LogP contribution in [0.3, 0.4) is 0 Å². The van der Waals surface area contributed by atoms with Crippen molar-refractivity contribution in [3.8, 4) is 11.3 Å². The minimum Gasteiger partial charge on any atom is -0.345 e. The fourth-order valence-electron chi connectivity index (χ4n) is 2.04. The number of aromatic nitrogens is 2. The number of rotatable bonds is 5. The van der Waals surface area contributed by atoms with Crippen molar-refractivity contribution < 1.29 is 0 Å². The first-order valence-corrected chi connectivity index (χ1v) is 6.59. The molecular weight excluding hydrogens is 222 g/mol. The molecule has 0 aliphatic carbocycles. The molecule has 0 aliphatic rings. The number of nitrogens with one attached hydrogen (secondary N) is 1. The van der Waals surface area contributed by atoms with Gasteiger partial charge in [0.25, 0.3) is 0 Å². The highest BCUT2D eigenvalue weighted by atomic mass is 14.9. The third-order valence-corrected chi connectivity index (χ3v) is 3.07. The smallest absolute Gasteiger partial charge is 0.107 e. The van der Waals surface area contributed by atoms with Gasteiger partial charge < -0.3 is 10.7 Å². The van der Waals surface area contributed by atoms with Crippen molar-refractivity contribution in [3.05, 3.63) is 41.9 Å². The van der Waals surface area contributed by atoms with Crippen molar-refractivity contribution in [3.63, 3.8) is 0 Å². The molecule has 0 saturated carbocycles. The summed E-state index contributed by atoms with van der Waals surface area (Å²) in [5.41, 5.74) is 9.26. The lowest BCUT2D eigenvalue weighted by Crippen LogP contribution is -2.15. The van der Waals surface area contributed by atoms with Gasteiger partial charge >= 0.3 is 0 Å². The number of nitrogens with two attached hydrogens (primary N) is 1. The number of benzene rings is 1. The summed E-state index contributed by atoms with van der Waals surface area (Å²) in [6, 6.07) is 10.5. The maximum Gasteiger partial charge on any atom is 0.107 e. The summed E-state index contributed by atoms with van der Waals surface area (Å²) in [6.07, 6.45) is 2.85. The number of nitrogens with zero attached hydrogens (tertiary/aromatic N) is 1. The van der Waals surface area contributed by atoms with Gasteiger partial charge in [-0.3, -0.25) is 0 Å². The van der Waals surface area contributed by atoms with E-state index < -0.39 is 0 Å². The van der Waals surface area contributed by atoms with Gasteiger partial charge in [-0.25, -0.2) is 4.98 Å². The summed E-state index contributed by atoms with van der Waals surface area (Å²) < 4.78 is 0. The zero-order valence-electron chi connectivity index (χ0n) is 11.1. The second-order valence-corrected chi connectivity index (χ2v) is 4.75. The van der Waals surface area contributed by atoms with Gasteiger partial charge in [-0.05, 0) is 19.8 Å². The molecular formula is C15H21N3. The predicted molar refractivity (Wildman–Crippen MR) is 75.4 cm³/mol. The molecule has 0 fully saturated rings. The highest BCUT2D eigenvalue weighted by Gasteiger charge is 2.10. The molecule has 0 saturated heterocycles. The first-order chi connectivity index (χ1) is 8.70. The highest BCUT2D eigenvalue weighted by molar-refractivity contribution is 5.62. The fraction of sp³-hybridized carbons (Fsp3) is 0.400. The zero-order valence-corrected chi connectivity index (χ0v) is 11.1. The Morgan fingerprint density at radius 3 is 2.61 bits per heavy atom. The van der Waals surface area contributed by atoms with Crippen molar-refractivity contribution in [2.24, 2.45) is 5.73 Å². The van der Waals surface area contributed by atoms with Gasteiger partial charge in [0.15, 0.2) is 0 Å². The molecule has 0 radical (unpaired) electrons. The van der Waals surface area contributed by atoms with Crippen LogP contribution in [0.5, 0.6) is 0 Å². The normalized spacial score (nSPS) is 12.6. The second kappa shape index (κ2) is 5.83. The average Bonchev–Trinajstić information content (AvgIpc) is 2.80. The van der Waals surface area contributed by atoms with E-state index in [1.54, 1.807) is 0 Å². The van der Waals surface area contributed by atoms with Crippen LogP contribution in [0.4, 0.5) is 0 Å². The molecule has 0 amide bonds. The Hall–Kier alpha value is -1.61. The van der Waals surface area contributed by atoms with E-state index in [0.29, 0.717) is 0 Å². The van der Waals surface area contributed by atoms with E-state index in [-0.39, 0.29) is 6.04 Å². The van der Waals surface area contributed by atoms with Crippen LogP contribution in [-0.4, -0.2) is 16.0 Å². The van der Waals surface area contributed by atoms with Crippen LogP contribution in [0.25, 0.3) is 11.3 Å². The number of aryl methyl sites for hydroxylation is 2. The number of aromatic amines is 1. The van der Waals surface area contributed by atoms with Gasteiger partial charge in [-0.15, -0.1) is 0 Å². The van der Waals surface area contributed by atoms with Gasteiger partial charge in [-0.2, -0.15) is 0 Å². The maximum absolute atomic E-state index is 5.79. The molecule has 3 N–H and O–H groups in total. The van der Waals surface area contributed by atoms with Crippen molar-refractivity contribution >= 4 is 0 Å². The van der Waals surface area contributed by atoms with Gasteiger partial charge in [0, 0.05) is 23.7 Å². The molecule has 3 heteroatoms. The Bertz CT molecular complexity index is 486. The molecule has 0 aliphatic heterocycles. The average molecular weight is 243 g/mol. The summed E-state index contributed by atoms with van der Waals surface area (Å²) in [6.45, 7) is 4.18. The van der Waals surface area contributed by atoms with Crippen molar-refractivity contribution in [2.75, 3.05) is 0 Å². The first kappa shape index (κ1) is 12.8. The van der Waals surface area contributed by atoms with E-state index in [9.17, 15) is 0 Å². The maximum atomic E-state index is 5.79. The molecule has 96 valence electrons. The molecule has 1 unspecified atom stereocenters. The molecule has 1 atom stereocenters. The lowest BCUT2D eigenvalue weighted by Gasteiger charge is -2.01. The minimum absolute atomic E-state index is 0.223. The topological polar surface area (TPSA) is 54.7 Å². The molecule has 0 spiro atoms. The van der Waals surface area contributed by atoms with Crippen LogP contribution in [0.2, 0.25) is 0 Å². The van der Waals surface area contributed by atoms with E-state index in [2.05, 4.69) is 24.0 Å². The van der Waals surface area contributed by atoms with Crippen LogP contribution in [0.1, 0.15) is 31.8 Å². The zero-order chi connectivity index (χ0) is 13.0. The Kier molecular flexibility index (Phi) is 4.15. The molecule has 2 rings (SSSR count). The van der Waals surface area contributed by atoms with Crippen LogP contribution >= 0.6 is 0 Å². The first-order valence-electron chi connectivity index (χ1n) is 6.59. The molecule has 18 heavy (non-hydrogen) atoms. The van der Waals surface area contributed by atoms with Crippen molar-refractivity contribution in [2.45, 2.75) is 39.2 Å². The summed E-state index contributed by atoms with van der Waals surface area (Å²) in [4.78, 5) is 8.13. The molecule has 1 aromatic heterocycles. The molecule has 0 bridgehead atoms. The third kappa shape index (κ3) is 2.99. The minimum atomic E-state index is 0.223. The lowest BCUT2D eigenvalue weighted by molar-refractivity contribution is 0.651. The monoisotopic (exact) mass is 243 g/mol.